The molecular weight excluding hydrogens is 281 g/mol. The maximum absolute atomic E-state index is 12.9. The van der Waals surface area contributed by atoms with Crippen molar-refractivity contribution >= 4 is 11.6 Å². The topological polar surface area (TPSA) is 32.3 Å². The Labute approximate surface area is 122 Å². The minimum atomic E-state index is -4.47. The van der Waals surface area contributed by atoms with E-state index in [9.17, 15) is 18.0 Å². The molecule has 2 rings (SSSR count). The second-order valence-electron chi connectivity index (χ2n) is 5.43. The smallest absolute Gasteiger partial charge is 0.325 e. The highest BCUT2D eigenvalue weighted by molar-refractivity contribution is 5.92. The Balaban J connectivity index is 2.03. The first kappa shape index (κ1) is 15.8. The number of anilines is 1. The van der Waals surface area contributed by atoms with Crippen LogP contribution >= 0.6 is 0 Å². The van der Waals surface area contributed by atoms with Gasteiger partial charge in [-0.3, -0.25) is 4.79 Å². The molecule has 1 fully saturated rings. The van der Waals surface area contributed by atoms with Crippen LogP contribution in [0.2, 0.25) is 0 Å². The summed E-state index contributed by atoms with van der Waals surface area (Å²) in [6.07, 6.45) is -1.17. The average molecular weight is 300 g/mol. The standard InChI is InChI=1S/C15H19F3N2O/c1-20-9-5-4-6-11(20)10-14(21)19-13-8-3-2-7-12(13)15(16,17)18/h2-3,7-8,11H,4-6,9-10H2,1H3,(H,19,21). The van der Waals surface area contributed by atoms with Crippen LogP contribution in [-0.4, -0.2) is 30.4 Å². The number of carbonyl (C=O) groups is 1. The third-order valence-corrected chi connectivity index (χ3v) is 3.85. The summed E-state index contributed by atoms with van der Waals surface area (Å²) in [6, 6.07) is 5.16. The van der Waals surface area contributed by atoms with Gasteiger partial charge in [-0.1, -0.05) is 18.6 Å². The molecule has 1 amide bonds. The van der Waals surface area contributed by atoms with Gasteiger partial charge in [0.15, 0.2) is 0 Å². The monoisotopic (exact) mass is 300 g/mol. The van der Waals surface area contributed by atoms with Crippen molar-refractivity contribution in [2.75, 3.05) is 18.9 Å². The molecule has 6 heteroatoms. The minimum Gasteiger partial charge on any atom is -0.325 e. The van der Waals surface area contributed by atoms with Crippen LogP contribution in [0.15, 0.2) is 24.3 Å². The van der Waals surface area contributed by atoms with Crippen molar-refractivity contribution in [1.82, 2.24) is 4.90 Å². The number of benzene rings is 1. The van der Waals surface area contributed by atoms with Crippen LogP contribution in [0.4, 0.5) is 18.9 Å². The summed E-state index contributed by atoms with van der Waals surface area (Å²) in [5.74, 6) is -0.370. The van der Waals surface area contributed by atoms with Gasteiger partial charge in [0, 0.05) is 12.5 Å². The minimum absolute atomic E-state index is 0.108. The van der Waals surface area contributed by atoms with Crippen molar-refractivity contribution < 1.29 is 18.0 Å². The molecule has 0 bridgehead atoms. The SMILES string of the molecule is CN1CCCCC1CC(=O)Nc1ccccc1C(F)(F)F. The van der Waals surface area contributed by atoms with Gasteiger partial charge in [0.1, 0.15) is 0 Å². The van der Waals surface area contributed by atoms with Crippen LogP contribution in [0.1, 0.15) is 31.2 Å². The van der Waals surface area contributed by atoms with Gasteiger partial charge in [-0.25, -0.2) is 0 Å². The van der Waals surface area contributed by atoms with Gasteiger partial charge in [0.25, 0.3) is 0 Å². The van der Waals surface area contributed by atoms with E-state index in [4.69, 9.17) is 0 Å². The molecule has 116 valence electrons. The Bertz CT molecular complexity index is 502. The number of hydrogen-bond donors (Lipinski definition) is 1. The normalized spacial score (nSPS) is 20.3. The van der Waals surface area contributed by atoms with E-state index < -0.39 is 11.7 Å². The van der Waals surface area contributed by atoms with Crippen molar-refractivity contribution in [2.24, 2.45) is 0 Å². The van der Waals surface area contributed by atoms with E-state index in [1.807, 2.05) is 7.05 Å². The first-order valence-electron chi connectivity index (χ1n) is 7.04. The number of piperidine rings is 1. The molecule has 21 heavy (non-hydrogen) atoms. The number of halogens is 3. The Hall–Kier alpha value is -1.56. The van der Waals surface area contributed by atoms with Crippen LogP contribution in [0.5, 0.6) is 0 Å². The van der Waals surface area contributed by atoms with Gasteiger partial charge in [-0.15, -0.1) is 0 Å². The molecule has 1 atom stereocenters. The molecule has 0 aliphatic carbocycles. The number of likely N-dealkylation sites (tertiary alicyclic amines) is 1. The first-order valence-corrected chi connectivity index (χ1v) is 7.04. The molecule has 0 spiro atoms. The molecule has 1 saturated heterocycles. The van der Waals surface area contributed by atoms with Gasteiger partial charge in [0.2, 0.25) is 5.91 Å². The summed E-state index contributed by atoms with van der Waals surface area (Å²) >= 11 is 0. The Kier molecular flexibility index (Phi) is 4.88. The Morgan fingerprint density at radius 2 is 2.05 bits per heavy atom. The van der Waals surface area contributed by atoms with E-state index in [1.54, 1.807) is 0 Å². The summed E-state index contributed by atoms with van der Waals surface area (Å²) in [5.41, 5.74) is -0.983. The fourth-order valence-electron chi connectivity index (χ4n) is 2.66. The molecule has 1 aromatic rings. The number of nitrogens with one attached hydrogen (secondary N) is 1. The van der Waals surface area contributed by atoms with Gasteiger partial charge >= 0.3 is 6.18 Å². The second kappa shape index (κ2) is 6.47. The number of alkyl halides is 3. The third kappa shape index (κ3) is 4.20. The van der Waals surface area contributed by atoms with Crippen molar-refractivity contribution in [3.05, 3.63) is 29.8 Å². The van der Waals surface area contributed by atoms with Crippen molar-refractivity contribution in [3.63, 3.8) is 0 Å². The predicted octanol–water partition coefficient (Wildman–Crippen LogP) is 3.52. The summed E-state index contributed by atoms with van der Waals surface area (Å²) in [6.45, 7) is 0.928. The molecular formula is C15H19F3N2O. The lowest BCUT2D eigenvalue weighted by Gasteiger charge is -2.32. The molecule has 1 aliphatic rings. The molecule has 3 nitrogen and oxygen atoms in total. The van der Waals surface area contributed by atoms with Gasteiger partial charge in [0.05, 0.1) is 11.3 Å². The number of para-hydroxylation sites is 1. The lowest BCUT2D eigenvalue weighted by atomic mass is 10.00. The van der Waals surface area contributed by atoms with E-state index >= 15 is 0 Å². The maximum atomic E-state index is 12.9. The quantitative estimate of drug-likeness (QED) is 0.926. The highest BCUT2D eigenvalue weighted by Crippen LogP contribution is 2.34. The number of amides is 1. The van der Waals surface area contributed by atoms with E-state index in [0.29, 0.717) is 0 Å². The van der Waals surface area contributed by atoms with Crippen molar-refractivity contribution in [3.8, 4) is 0 Å². The molecule has 1 heterocycles. The van der Waals surface area contributed by atoms with Crippen molar-refractivity contribution in [2.45, 2.75) is 37.9 Å². The zero-order valence-corrected chi connectivity index (χ0v) is 11.9. The zero-order chi connectivity index (χ0) is 15.5. The Morgan fingerprint density at radius 1 is 1.33 bits per heavy atom. The van der Waals surface area contributed by atoms with Crippen LogP contribution < -0.4 is 5.32 Å². The summed E-state index contributed by atoms with van der Waals surface area (Å²) in [5, 5.41) is 2.40. The fraction of sp³-hybridized carbons (Fsp3) is 0.533. The largest absolute Gasteiger partial charge is 0.418 e. The second-order valence-corrected chi connectivity index (χ2v) is 5.43. The van der Waals surface area contributed by atoms with Crippen LogP contribution in [0.3, 0.4) is 0 Å². The van der Waals surface area contributed by atoms with Crippen LogP contribution in [0, 0.1) is 0 Å². The predicted molar refractivity (Wildman–Crippen MR) is 75.0 cm³/mol. The van der Waals surface area contributed by atoms with Gasteiger partial charge in [-0.2, -0.15) is 13.2 Å². The van der Waals surface area contributed by atoms with Gasteiger partial charge < -0.3 is 10.2 Å². The van der Waals surface area contributed by atoms with Crippen LogP contribution in [0.25, 0.3) is 0 Å². The fourth-order valence-corrected chi connectivity index (χ4v) is 2.66. The van der Waals surface area contributed by atoms with E-state index in [-0.39, 0.29) is 24.1 Å². The van der Waals surface area contributed by atoms with Crippen LogP contribution in [-0.2, 0) is 11.0 Å². The van der Waals surface area contributed by atoms with Gasteiger partial charge in [-0.05, 0) is 38.6 Å². The number of carbonyl (C=O) groups excluding carboxylic acids is 1. The molecule has 1 unspecified atom stereocenters. The lowest BCUT2D eigenvalue weighted by Crippen LogP contribution is -2.38. The molecule has 1 N–H and O–H groups in total. The summed E-state index contributed by atoms with van der Waals surface area (Å²) < 4.78 is 38.6. The number of nitrogens with zero attached hydrogens (tertiary/aromatic N) is 1. The third-order valence-electron chi connectivity index (χ3n) is 3.85. The molecule has 1 aliphatic heterocycles. The Morgan fingerprint density at radius 3 is 2.71 bits per heavy atom. The molecule has 0 saturated carbocycles. The van der Waals surface area contributed by atoms with Crippen molar-refractivity contribution in [1.29, 1.82) is 0 Å². The highest BCUT2D eigenvalue weighted by Gasteiger charge is 2.33. The summed E-state index contributed by atoms with van der Waals surface area (Å²) in [7, 11) is 1.95. The molecule has 1 aromatic carbocycles. The maximum Gasteiger partial charge on any atom is 0.418 e. The number of hydrogen-bond acceptors (Lipinski definition) is 2. The van der Waals surface area contributed by atoms with E-state index in [2.05, 4.69) is 10.2 Å². The number of rotatable bonds is 3. The zero-order valence-electron chi connectivity index (χ0n) is 11.9. The summed E-state index contributed by atoms with van der Waals surface area (Å²) in [4.78, 5) is 14.1. The lowest BCUT2D eigenvalue weighted by molar-refractivity contribution is -0.137. The average Bonchev–Trinajstić information content (AvgIpc) is 2.41. The van der Waals surface area contributed by atoms with E-state index in [1.165, 1.54) is 18.2 Å². The molecule has 0 aromatic heterocycles. The highest BCUT2D eigenvalue weighted by atomic mass is 19.4. The first-order chi connectivity index (χ1) is 9.88. The molecule has 0 radical (unpaired) electrons. The van der Waals surface area contributed by atoms with E-state index in [0.717, 1.165) is 31.9 Å².